The number of hydrogen-bond donors (Lipinski definition) is 1. The van der Waals surface area contributed by atoms with Crippen molar-refractivity contribution in [1.82, 2.24) is 4.90 Å². The minimum Gasteiger partial charge on any atom is -0.385 e. The fourth-order valence-corrected chi connectivity index (χ4v) is 3.78. The van der Waals surface area contributed by atoms with Gasteiger partial charge in [-0.3, -0.25) is 0 Å². The van der Waals surface area contributed by atoms with Crippen LogP contribution in [0.1, 0.15) is 43.2 Å². The van der Waals surface area contributed by atoms with Crippen molar-refractivity contribution in [3.8, 4) is 0 Å². The number of likely N-dealkylation sites (tertiary alicyclic amines) is 1. The molecule has 128 valence electrons. The number of rotatable bonds is 5. The van der Waals surface area contributed by atoms with Gasteiger partial charge in [-0.25, -0.2) is 0 Å². The Morgan fingerprint density at radius 3 is 2.29 bits per heavy atom. The van der Waals surface area contributed by atoms with E-state index in [4.69, 9.17) is 0 Å². The molecule has 1 N–H and O–H groups in total. The van der Waals surface area contributed by atoms with Crippen molar-refractivity contribution in [1.29, 1.82) is 0 Å². The number of nitrogens with zero attached hydrogens (tertiary/aromatic N) is 1. The first-order valence-corrected chi connectivity index (χ1v) is 9.62. The van der Waals surface area contributed by atoms with Gasteiger partial charge < -0.3 is 10.0 Å². The zero-order valence-corrected chi connectivity index (χ0v) is 15.9. The van der Waals surface area contributed by atoms with Crippen LogP contribution in [0.2, 0.25) is 0 Å². The van der Waals surface area contributed by atoms with Crippen molar-refractivity contribution in [2.45, 2.75) is 37.7 Å². The molecule has 2 aromatic rings. The van der Waals surface area contributed by atoms with Crippen LogP contribution in [0.5, 0.6) is 0 Å². The van der Waals surface area contributed by atoms with E-state index >= 15 is 0 Å². The summed E-state index contributed by atoms with van der Waals surface area (Å²) in [5.74, 6) is 0.582. The Bertz CT molecular complexity index is 633. The molecule has 0 unspecified atom stereocenters. The molecule has 0 amide bonds. The van der Waals surface area contributed by atoms with E-state index in [-0.39, 0.29) is 0 Å². The van der Waals surface area contributed by atoms with Gasteiger partial charge >= 0.3 is 0 Å². The molecule has 2 nitrogen and oxygen atoms in total. The molecule has 1 atom stereocenters. The van der Waals surface area contributed by atoms with Crippen molar-refractivity contribution >= 4 is 15.9 Å². The highest BCUT2D eigenvalue weighted by Crippen LogP contribution is 2.33. The van der Waals surface area contributed by atoms with E-state index in [2.05, 4.69) is 58.1 Å². The third-order valence-corrected chi connectivity index (χ3v) is 5.84. The lowest BCUT2D eigenvalue weighted by atomic mass is 9.84. The Balaban J connectivity index is 1.51. The third-order valence-electron chi connectivity index (χ3n) is 5.31. The maximum Gasteiger partial charge on any atom is 0.0920 e. The molecule has 2 aromatic carbocycles. The van der Waals surface area contributed by atoms with Gasteiger partial charge in [0.05, 0.1) is 5.60 Å². The summed E-state index contributed by atoms with van der Waals surface area (Å²) >= 11 is 3.46. The summed E-state index contributed by atoms with van der Waals surface area (Å²) in [4.78, 5) is 2.49. The van der Waals surface area contributed by atoms with E-state index < -0.39 is 5.60 Å². The maximum absolute atomic E-state index is 11.0. The van der Waals surface area contributed by atoms with Crippen LogP contribution < -0.4 is 0 Å². The fourth-order valence-electron chi connectivity index (χ4n) is 3.52. The van der Waals surface area contributed by atoms with E-state index in [1.54, 1.807) is 0 Å². The number of hydrogen-bond acceptors (Lipinski definition) is 2. The van der Waals surface area contributed by atoms with Crippen molar-refractivity contribution < 1.29 is 5.11 Å². The van der Waals surface area contributed by atoms with E-state index in [0.717, 1.165) is 42.5 Å². The van der Waals surface area contributed by atoms with Gasteiger partial charge in [0.2, 0.25) is 0 Å². The van der Waals surface area contributed by atoms with Gasteiger partial charge in [-0.15, -0.1) is 0 Å². The molecular formula is C21H26BrNO. The second-order valence-corrected chi connectivity index (χ2v) is 7.90. The smallest absolute Gasteiger partial charge is 0.0920 e. The summed E-state index contributed by atoms with van der Waals surface area (Å²) < 4.78 is 1.06. The van der Waals surface area contributed by atoms with Gasteiger partial charge in [0.15, 0.2) is 0 Å². The van der Waals surface area contributed by atoms with Gasteiger partial charge in [-0.05, 0) is 55.0 Å². The number of halogens is 1. The van der Waals surface area contributed by atoms with E-state index in [1.165, 1.54) is 12.0 Å². The third kappa shape index (κ3) is 4.27. The highest BCUT2D eigenvalue weighted by molar-refractivity contribution is 9.10. The molecule has 24 heavy (non-hydrogen) atoms. The molecule has 0 aromatic heterocycles. The van der Waals surface area contributed by atoms with Crippen LogP contribution in [0.15, 0.2) is 59.1 Å². The second-order valence-electron chi connectivity index (χ2n) is 6.98. The SMILES string of the molecule is C[C@@H](CCN1CCC(O)(c2ccc(Br)cc2)CC1)c1ccccc1. The van der Waals surface area contributed by atoms with Crippen LogP contribution in [0.3, 0.4) is 0 Å². The van der Waals surface area contributed by atoms with Crippen molar-refractivity contribution in [2.75, 3.05) is 19.6 Å². The zero-order valence-electron chi connectivity index (χ0n) is 14.3. The van der Waals surface area contributed by atoms with Gasteiger partial charge in [0, 0.05) is 17.6 Å². The number of aliphatic hydroxyl groups is 1. The van der Waals surface area contributed by atoms with Crippen molar-refractivity contribution in [3.05, 3.63) is 70.2 Å². The Labute approximate surface area is 153 Å². The van der Waals surface area contributed by atoms with Gasteiger partial charge in [-0.1, -0.05) is 65.3 Å². The molecule has 0 radical (unpaired) electrons. The highest BCUT2D eigenvalue weighted by atomic mass is 79.9. The van der Waals surface area contributed by atoms with Crippen LogP contribution in [0.25, 0.3) is 0 Å². The Morgan fingerprint density at radius 2 is 1.67 bits per heavy atom. The highest BCUT2D eigenvalue weighted by Gasteiger charge is 2.33. The first kappa shape index (κ1) is 17.7. The Morgan fingerprint density at radius 1 is 1.04 bits per heavy atom. The minimum atomic E-state index is -0.664. The first-order chi connectivity index (χ1) is 11.6. The lowest BCUT2D eigenvalue weighted by Gasteiger charge is -2.39. The summed E-state index contributed by atoms with van der Waals surface area (Å²) in [6.45, 7) is 5.34. The number of benzene rings is 2. The predicted octanol–water partition coefficient (Wildman–Crippen LogP) is 4.93. The Hall–Kier alpha value is -1.16. The normalized spacial score (nSPS) is 19.1. The van der Waals surface area contributed by atoms with Gasteiger partial charge in [0.1, 0.15) is 0 Å². The topological polar surface area (TPSA) is 23.5 Å². The molecule has 1 aliphatic heterocycles. The number of piperidine rings is 1. The van der Waals surface area contributed by atoms with Gasteiger partial charge in [0.25, 0.3) is 0 Å². The van der Waals surface area contributed by atoms with Crippen LogP contribution in [0, 0.1) is 0 Å². The molecule has 0 spiro atoms. The quantitative estimate of drug-likeness (QED) is 0.786. The van der Waals surface area contributed by atoms with Gasteiger partial charge in [-0.2, -0.15) is 0 Å². The van der Waals surface area contributed by atoms with E-state index in [0.29, 0.717) is 5.92 Å². The minimum absolute atomic E-state index is 0.582. The molecule has 1 saturated heterocycles. The molecular weight excluding hydrogens is 362 g/mol. The maximum atomic E-state index is 11.0. The lowest BCUT2D eigenvalue weighted by Crippen LogP contribution is -2.43. The van der Waals surface area contributed by atoms with Crippen LogP contribution in [0.4, 0.5) is 0 Å². The summed E-state index contributed by atoms with van der Waals surface area (Å²) in [6.07, 6.45) is 2.80. The summed E-state index contributed by atoms with van der Waals surface area (Å²) in [7, 11) is 0. The zero-order chi connectivity index (χ0) is 17.0. The molecule has 0 aliphatic carbocycles. The van der Waals surface area contributed by atoms with Crippen LogP contribution >= 0.6 is 15.9 Å². The summed E-state index contributed by atoms with van der Waals surface area (Å²) in [5.41, 5.74) is 1.80. The molecule has 0 bridgehead atoms. The standard InChI is InChI=1S/C21H26BrNO/c1-17(18-5-3-2-4-6-18)11-14-23-15-12-21(24,13-16-23)19-7-9-20(22)10-8-19/h2-10,17,24H,11-16H2,1H3/t17-/m0/s1. The summed E-state index contributed by atoms with van der Waals surface area (Å²) in [6, 6.07) is 18.8. The fraction of sp³-hybridized carbons (Fsp3) is 0.429. The van der Waals surface area contributed by atoms with Crippen LogP contribution in [-0.4, -0.2) is 29.6 Å². The monoisotopic (exact) mass is 387 g/mol. The molecule has 1 heterocycles. The lowest BCUT2D eigenvalue weighted by molar-refractivity contribution is -0.0262. The second kappa shape index (κ2) is 7.81. The van der Waals surface area contributed by atoms with Crippen molar-refractivity contribution in [3.63, 3.8) is 0 Å². The first-order valence-electron chi connectivity index (χ1n) is 8.82. The average molecular weight is 388 g/mol. The molecule has 0 saturated carbocycles. The predicted molar refractivity (Wildman–Crippen MR) is 103 cm³/mol. The van der Waals surface area contributed by atoms with E-state index in [1.807, 2.05) is 24.3 Å². The van der Waals surface area contributed by atoms with E-state index in [9.17, 15) is 5.11 Å². The summed E-state index contributed by atoms with van der Waals surface area (Å²) in [5, 5.41) is 11.0. The van der Waals surface area contributed by atoms with Crippen LogP contribution in [-0.2, 0) is 5.60 Å². The molecule has 1 fully saturated rings. The average Bonchev–Trinajstić information content (AvgIpc) is 2.62. The molecule has 3 rings (SSSR count). The van der Waals surface area contributed by atoms with Crippen molar-refractivity contribution in [2.24, 2.45) is 0 Å². The molecule has 1 aliphatic rings. The Kier molecular flexibility index (Phi) is 5.75. The molecule has 3 heteroatoms. The largest absolute Gasteiger partial charge is 0.385 e.